The van der Waals surface area contributed by atoms with Gasteiger partial charge in [0.05, 0.1) is 11.4 Å². The summed E-state index contributed by atoms with van der Waals surface area (Å²) < 4.78 is 0. The van der Waals surface area contributed by atoms with Crippen LogP contribution in [0.1, 0.15) is 34.0 Å². The van der Waals surface area contributed by atoms with Crippen molar-refractivity contribution in [1.29, 1.82) is 0 Å². The molecule has 0 saturated carbocycles. The molecule has 1 atom stereocenters. The highest BCUT2D eigenvalue weighted by Crippen LogP contribution is 2.46. The fraction of sp³-hybridized carbons (Fsp3) is 0.120. The van der Waals surface area contributed by atoms with Crippen LogP contribution in [0.4, 0.5) is 28.4 Å². The van der Waals surface area contributed by atoms with Crippen molar-refractivity contribution in [3.05, 3.63) is 198 Å². The Morgan fingerprint density at radius 1 is 0.500 bits per heavy atom. The van der Waals surface area contributed by atoms with E-state index in [1.165, 1.54) is 89.6 Å². The first kappa shape index (κ1) is 33.3. The van der Waals surface area contributed by atoms with E-state index in [9.17, 15) is 0 Å². The second kappa shape index (κ2) is 13.8. The first-order valence-corrected chi connectivity index (χ1v) is 18.8. The highest BCUT2D eigenvalue weighted by molar-refractivity contribution is 5.95. The lowest BCUT2D eigenvalue weighted by Crippen LogP contribution is -2.27. The molecule has 2 heterocycles. The average molecular weight is 701 g/mol. The first-order valence-electron chi connectivity index (χ1n) is 18.8. The van der Waals surface area contributed by atoms with Crippen molar-refractivity contribution >= 4 is 28.4 Å². The maximum absolute atomic E-state index is 3.60. The second-order valence-corrected chi connectivity index (χ2v) is 14.6. The molecule has 0 fully saturated rings. The minimum atomic E-state index is 0.0323. The van der Waals surface area contributed by atoms with Gasteiger partial charge in [-0.2, -0.15) is 0 Å². The van der Waals surface area contributed by atoms with Crippen LogP contribution in [0.25, 0.3) is 33.4 Å². The van der Waals surface area contributed by atoms with Gasteiger partial charge in [-0.3, -0.25) is 0 Å². The quantitative estimate of drug-likeness (QED) is 0.179. The normalized spacial score (nSPS) is 14.7. The van der Waals surface area contributed by atoms with E-state index in [2.05, 4.69) is 218 Å². The van der Waals surface area contributed by atoms with Crippen LogP contribution >= 0.6 is 0 Å². The lowest BCUT2D eigenvalue weighted by atomic mass is 9.86. The minimum absolute atomic E-state index is 0.0323. The Morgan fingerprint density at radius 3 is 1.65 bits per heavy atom. The molecule has 4 nitrogen and oxygen atoms in total. The molecular weight excluding hydrogens is 657 g/mol. The molecule has 0 radical (unpaired) electrons. The molecule has 0 saturated heterocycles. The lowest BCUT2D eigenvalue weighted by molar-refractivity contribution is 0.665. The molecule has 7 aromatic rings. The first-order chi connectivity index (χ1) is 26.4. The molecule has 9 rings (SSSR count). The van der Waals surface area contributed by atoms with Gasteiger partial charge in [-0.1, -0.05) is 132 Å². The topological polar surface area (TPSA) is 21.8 Å². The molecule has 0 bridgehead atoms. The van der Waals surface area contributed by atoms with Gasteiger partial charge in [-0.15, -0.1) is 0 Å². The average Bonchev–Trinajstić information content (AvgIpc) is 3.84. The number of nitrogens with one attached hydrogen (secondary N) is 1. The van der Waals surface area contributed by atoms with Crippen molar-refractivity contribution in [2.75, 3.05) is 21.4 Å². The predicted molar refractivity (Wildman–Crippen MR) is 228 cm³/mol. The van der Waals surface area contributed by atoms with Gasteiger partial charge in [-0.05, 0) is 114 Å². The van der Waals surface area contributed by atoms with Gasteiger partial charge in [0.15, 0.2) is 0 Å². The molecule has 0 aromatic heterocycles. The standard InChI is InChI=1S/C50H44N4/c1-34-30-35(2)32-41(31-34)48-44(38-20-22-40(23-21-38)50-51-28-29-52(50)49-36(3)12-10-13-37(49)4)16-11-17-45(48)39-24-26-43(27-25-39)54-33-53(42-14-6-5-7-15-42)46-18-8-9-19-47(46)54/h5-32,50-51H,33H2,1-4H3. The van der Waals surface area contributed by atoms with Gasteiger partial charge in [0.25, 0.3) is 0 Å². The van der Waals surface area contributed by atoms with Crippen LogP contribution in [0.5, 0.6) is 0 Å². The molecule has 1 unspecified atom stereocenters. The Hall–Kier alpha value is -6.52. The van der Waals surface area contributed by atoms with Crippen LogP contribution in [-0.2, 0) is 0 Å². The fourth-order valence-corrected chi connectivity index (χ4v) is 8.45. The van der Waals surface area contributed by atoms with E-state index < -0.39 is 0 Å². The summed E-state index contributed by atoms with van der Waals surface area (Å²) in [7, 11) is 0. The fourth-order valence-electron chi connectivity index (χ4n) is 8.45. The summed E-state index contributed by atoms with van der Waals surface area (Å²) in [6.45, 7) is 9.53. The number of hydrogen-bond acceptors (Lipinski definition) is 4. The Bertz CT molecular complexity index is 2460. The van der Waals surface area contributed by atoms with E-state index in [-0.39, 0.29) is 6.17 Å². The molecule has 0 spiro atoms. The molecular formula is C50H44N4. The monoisotopic (exact) mass is 700 g/mol. The predicted octanol–water partition coefficient (Wildman–Crippen LogP) is 12.7. The molecule has 0 aliphatic carbocycles. The molecule has 2 aliphatic rings. The summed E-state index contributed by atoms with van der Waals surface area (Å²) >= 11 is 0. The summed E-state index contributed by atoms with van der Waals surface area (Å²) in [5.74, 6) is 0. The van der Waals surface area contributed by atoms with Gasteiger partial charge in [0.2, 0.25) is 0 Å². The van der Waals surface area contributed by atoms with Crippen LogP contribution in [0.15, 0.2) is 170 Å². The Labute approximate surface area is 319 Å². The second-order valence-electron chi connectivity index (χ2n) is 14.6. The van der Waals surface area contributed by atoms with Crippen LogP contribution in [0.2, 0.25) is 0 Å². The third kappa shape index (κ3) is 6.00. The van der Waals surface area contributed by atoms with Gasteiger partial charge in [-0.25, -0.2) is 0 Å². The SMILES string of the molecule is Cc1cc(C)cc(-c2c(-c3ccc(C4NC=CN4c4c(C)cccc4C)cc3)cccc2-c2ccc(N3CN(c4ccccc4)c4ccccc43)cc2)c1. The van der Waals surface area contributed by atoms with Crippen molar-refractivity contribution in [3.8, 4) is 33.4 Å². The van der Waals surface area contributed by atoms with Gasteiger partial charge in [0, 0.05) is 29.5 Å². The number of rotatable bonds is 7. The van der Waals surface area contributed by atoms with Crippen LogP contribution < -0.4 is 20.0 Å². The third-order valence-corrected chi connectivity index (χ3v) is 10.9. The van der Waals surface area contributed by atoms with E-state index in [1.807, 2.05) is 0 Å². The summed E-state index contributed by atoms with van der Waals surface area (Å²) in [6.07, 6.45) is 4.24. The molecule has 1 N–H and O–H groups in total. The van der Waals surface area contributed by atoms with Crippen molar-refractivity contribution < 1.29 is 0 Å². The van der Waals surface area contributed by atoms with E-state index >= 15 is 0 Å². The molecule has 54 heavy (non-hydrogen) atoms. The number of hydrogen-bond donors (Lipinski definition) is 1. The molecule has 264 valence electrons. The Balaban J connectivity index is 1.08. The van der Waals surface area contributed by atoms with Crippen LogP contribution in [-0.4, -0.2) is 6.67 Å². The van der Waals surface area contributed by atoms with Crippen molar-refractivity contribution in [2.24, 2.45) is 0 Å². The Kier molecular flexibility index (Phi) is 8.51. The van der Waals surface area contributed by atoms with Crippen LogP contribution in [0.3, 0.4) is 0 Å². The Morgan fingerprint density at radius 2 is 1.04 bits per heavy atom. The van der Waals surface area contributed by atoms with Crippen molar-refractivity contribution in [3.63, 3.8) is 0 Å². The molecule has 0 amide bonds. The summed E-state index contributed by atoms with van der Waals surface area (Å²) in [5, 5.41) is 3.60. The summed E-state index contributed by atoms with van der Waals surface area (Å²) in [5.41, 5.74) is 19.7. The zero-order chi connectivity index (χ0) is 36.8. The van der Waals surface area contributed by atoms with E-state index in [0.29, 0.717) is 0 Å². The largest absolute Gasteiger partial charge is 0.366 e. The zero-order valence-corrected chi connectivity index (χ0v) is 31.3. The molecule has 7 aromatic carbocycles. The lowest BCUT2D eigenvalue weighted by Gasteiger charge is -2.29. The maximum Gasteiger partial charge on any atom is 0.129 e. The smallest absolute Gasteiger partial charge is 0.129 e. The van der Waals surface area contributed by atoms with Crippen molar-refractivity contribution in [1.82, 2.24) is 5.32 Å². The number of fused-ring (bicyclic) bond motifs is 1. The highest BCUT2D eigenvalue weighted by atomic mass is 15.4. The summed E-state index contributed by atoms with van der Waals surface area (Å²) in [6, 6.07) is 57.8. The maximum atomic E-state index is 3.60. The molecule has 2 aliphatic heterocycles. The summed E-state index contributed by atoms with van der Waals surface area (Å²) in [4.78, 5) is 7.15. The number of nitrogens with zero attached hydrogens (tertiary/aromatic N) is 3. The van der Waals surface area contributed by atoms with E-state index in [1.54, 1.807) is 0 Å². The number of benzene rings is 7. The van der Waals surface area contributed by atoms with Gasteiger partial charge in [0.1, 0.15) is 12.8 Å². The highest BCUT2D eigenvalue weighted by Gasteiger charge is 2.28. The number of anilines is 5. The minimum Gasteiger partial charge on any atom is -0.366 e. The third-order valence-electron chi connectivity index (χ3n) is 10.9. The molecule has 4 heteroatoms. The number of aryl methyl sites for hydroxylation is 4. The van der Waals surface area contributed by atoms with Gasteiger partial charge < -0.3 is 20.0 Å². The van der Waals surface area contributed by atoms with E-state index in [4.69, 9.17) is 0 Å². The van der Waals surface area contributed by atoms with E-state index in [0.717, 1.165) is 6.67 Å². The zero-order valence-electron chi connectivity index (χ0n) is 31.3. The van der Waals surface area contributed by atoms with Gasteiger partial charge >= 0.3 is 0 Å². The van der Waals surface area contributed by atoms with Crippen LogP contribution in [0, 0.1) is 27.7 Å². The van der Waals surface area contributed by atoms with Crippen molar-refractivity contribution in [2.45, 2.75) is 33.9 Å². The number of para-hydroxylation sites is 4.